The van der Waals surface area contributed by atoms with E-state index in [1.54, 1.807) is 47.4 Å². The summed E-state index contributed by atoms with van der Waals surface area (Å²) in [5.41, 5.74) is 14.0. The highest BCUT2D eigenvalue weighted by atomic mass is 16.6. The lowest BCUT2D eigenvalue weighted by molar-refractivity contribution is -0.265. The van der Waals surface area contributed by atoms with Crippen molar-refractivity contribution in [2.75, 3.05) is 165 Å². The molecule has 3 fully saturated rings. The van der Waals surface area contributed by atoms with Crippen LogP contribution in [0.25, 0.3) is 33.4 Å². The highest BCUT2D eigenvalue weighted by Crippen LogP contribution is 2.41. The number of Topliss-reactive ketones (excluding diaryl/α,β-unsaturated/α-hetero) is 2. The summed E-state index contributed by atoms with van der Waals surface area (Å²) >= 11 is 0. The van der Waals surface area contributed by atoms with Gasteiger partial charge in [-0.05, 0) is 155 Å². The Morgan fingerprint density at radius 3 is 2.03 bits per heavy atom. The third-order valence-electron chi connectivity index (χ3n) is 25.2. The Hall–Kier alpha value is -8.36. The van der Waals surface area contributed by atoms with Gasteiger partial charge in [0, 0.05) is 104 Å². The van der Waals surface area contributed by atoms with Crippen molar-refractivity contribution >= 4 is 69.3 Å². The van der Waals surface area contributed by atoms with Gasteiger partial charge in [-0.15, -0.1) is 0 Å². The fraction of sp³-hybridized carbons (Fsp3) is 0.667. The molecule has 129 heavy (non-hydrogen) atoms. The van der Waals surface area contributed by atoms with Crippen LogP contribution in [-0.2, 0) is 115 Å². The molecular weight excluding hydrogens is 1660 g/mol. The number of cyclic esters (lactones) is 1. The number of ketones is 2. The number of aromatic nitrogens is 5. The zero-order valence-corrected chi connectivity index (χ0v) is 77.7. The normalized spacial score (nSPS) is 27.3. The van der Waals surface area contributed by atoms with Crippen molar-refractivity contribution in [3.63, 3.8) is 0 Å². The van der Waals surface area contributed by atoms with Crippen molar-refractivity contribution < 1.29 is 115 Å². The average Bonchev–Trinajstić information content (AvgIpc) is 0.999. The standard InChI is InChI=1S/C96H141N9O24/c1-62-19-14-13-15-20-63(2)80(115-10)57-74-28-23-68(7)96(114,129-74)90(111)93(112)104-33-17-16-21-76(104)94(113)127-81(58-77(106)64(3)52-67(6)88(110)89(117-12)87(109)66(5)51-62)65(4)53-69-25-29-79(82(55-69)116-11)126-84(108)22-18-35-118-37-39-120-41-43-122-45-47-124-49-50-125-48-46-123-44-42-121-40-38-119-36-32-83(107)103-34-31-71-54-70(24-26-73(71)60-103)59-105-92-85(91(102(8)9)98-61-99-92)86(101-105)72-27-30-78-75(56-72)100-95(97)128-78/h13-15,19-20,24,26-27,30,52,54,56,61-62,64-66,68-69,74,76-77,79-82,88-89,106,110,114H,16-18,21-23,25,28-29,31-51,53,55,57-60H2,1-12H3,(H2,97,100)/b15-13+,19-14+,63-20+,67-52+/t62-,64-,65-,66-,68-,69+,74+,76+,77-,79-,80+,81+,82-,88-,89+,96-/m1/s1. The number of aliphatic hydroxyl groups is 3. The Labute approximate surface area is 758 Å². The van der Waals surface area contributed by atoms with E-state index in [2.05, 4.69) is 33.2 Å². The predicted molar refractivity (Wildman–Crippen MR) is 482 cm³/mol. The van der Waals surface area contributed by atoms with Crippen molar-refractivity contribution in [3.8, 4) is 11.3 Å². The summed E-state index contributed by atoms with van der Waals surface area (Å²) in [4.78, 5) is 103. The first-order chi connectivity index (χ1) is 62.2. The topological polar surface area (TPSA) is 398 Å². The second kappa shape index (κ2) is 52.2. The van der Waals surface area contributed by atoms with Crippen LogP contribution < -0.4 is 10.6 Å². The number of carbonyl (C=O) groups excluding carboxylic acids is 6. The molecule has 0 radical (unpaired) electrons. The number of allylic oxidation sites excluding steroid dienone is 5. The molecule has 2 bridgehead atoms. The first kappa shape index (κ1) is 103. The highest BCUT2D eigenvalue weighted by Gasteiger charge is 2.53. The molecule has 2 amide bonds. The number of esters is 2. The molecule has 5 N–H and O–H groups in total. The lowest BCUT2D eigenvalue weighted by atomic mass is 9.78. The van der Waals surface area contributed by atoms with Gasteiger partial charge in [0.2, 0.25) is 11.7 Å². The van der Waals surface area contributed by atoms with Crippen LogP contribution in [0.1, 0.15) is 161 Å². The molecule has 2 saturated heterocycles. The zero-order chi connectivity index (χ0) is 92.5. The number of anilines is 2. The van der Waals surface area contributed by atoms with Crippen molar-refractivity contribution in [2.45, 2.75) is 225 Å². The molecule has 714 valence electrons. The number of amides is 2. The molecule has 0 spiro atoms. The predicted octanol–water partition coefficient (Wildman–Crippen LogP) is 10.1. The number of carbonyl (C=O) groups is 6. The van der Waals surface area contributed by atoms with Crippen LogP contribution in [0.2, 0.25) is 0 Å². The van der Waals surface area contributed by atoms with E-state index in [-0.39, 0.29) is 73.7 Å². The third-order valence-corrected chi connectivity index (χ3v) is 25.2. The summed E-state index contributed by atoms with van der Waals surface area (Å²) in [5, 5.41) is 41.8. The average molecular weight is 1810 g/mol. The van der Waals surface area contributed by atoms with Gasteiger partial charge in [0.25, 0.3) is 17.7 Å². The van der Waals surface area contributed by atoms with Crippen molar-refractivity contribution in [1.29, 1.82) is 0 Å². The molecule has 1 saturated carbocycles. The minimum Gasteiger partial charge on any atom is -0.460 e. The van der Waals surface area contributed by atoms with E-state index in [0.29, 0.717) is 218 Å². The number of fused-ring (bicyclic) bond motifs is 6. The first-order valence-electron chi connectivity index (χ1n) is 46.1. The van der Waals surface area contributed by atoms with E-state index >= 15 is 0 Å². The Balaban J connectivity index is 0.553. The van der Waals surface area contributed by atoms with Crippen molar-refractivity contribution in [2.24, 2.45) is 35.5 Å². The summed E-state index contributed by atoms with van der Waals surface area (Å²) in [7, 11) is 8.44. The molecule has 5 aromatic rings. The summed E-state index contributed by atoms with van der Waals surface area (Å²) in [6.45, 7) is 20.7. The molecule has 33 nitrogen and oxygen atoms in total. The number of hydrogen-bond donors (Lipinski definition) is 4. The number of nitrogens with two attached hydrogens (primary N) is 1. The van der Waals surface area contributed by atoms with E-state index in [1.165, 1.54) is 17.6 Å². The SMILES string of the molecule is CO[C@H]1C[C@@H]2CC[C@@H](C)[C@@](O)(O2)C(=O)C(=O)N2CCCC[C@H]2C(=O)O[C@H]([C@H](C)C[C@@H]2CC[C@@H](OC(=O)CCCOCCOCCOCCOCCOCCOCCOCCOCCC(=O)N3CCc4cc(Cn5nc(-c6ccc7oc(N)nc7c6)c6c(N(C)C)ncnc65)ccc4C3)[C@H](OC)C2)C[C@@H](O)[C@H](C)/C=C(\C)[C@@H](O)[C@@H](OC)C(=O)[C@H](C)C[C@H](C)/C=C/C=C/C=C/1C. The number of aliphatic hydroxyl groups excluding tert-OH is 2. The molecule has 4 aliphatic heterocycles. The van der Waals surface area contributed by atoms with Crippen LogP contribution in [0.5, 0.6) is 0 Å². The summed E-state index contributed by atoms with van der Waals surface area (Å²) in [6, 6.07) is 11.0. The van der Waals surface area contributed by atoms with E-state index in [4.69, 9.17) is 81.6 Å². The van der Waals surface area contributed by atoms with Gasteiger partial charge in [-0.25, -0.2) is 19.4 Å². The summed E-state index contributed by atoms with van der Waals surface area (Å²) in [6.07, 6.45) is 13.0. The number of methoxy groups -OCH3 is 3. The fourth-order valence-corrected chi connectivity index (χ4v) is 17.7. The maximum atomic E-state index is 14.8. The number of rotatable bonds is 39. The minimum absolute atomic E-state index is 0.00520. The van der Waals surface area contributed by atoms with Crippen LogP contribution in [-0.4, -0.2) is 300 Å². The van der Waals surface area contributed by atoms with Crippen LogP contribution in [0, 0.1) is 35.5 Å². The highest BCUT2D eigenvalue weighted by molar-refractivity contribution is 6.39. The number of benzene rings is 2. The Bertz CT molecular complexity index is 4510. The monoisotopic (exact) mass is 1800 g/mol. The Morgan fingerprint density at radius 1 is 0.698 bits per heavy atom. The molecule has 16 atom stereocenters. The maximum Gasteiger partial charge on any atom is 0.329 e. The van der Waals surface area contributed by atoms with E-state index in [1.807, 2.05) is 105 Å². The molecule has 33 heteroatoms. The largest absolute Gasteiger partial charge is 0.460 e. The van der Waals surface area contributed by atoms with Crippen LogP contribution in [0.15, 0.2) is 94.7 Å². The number of nitrogen functional groups attached to an aromatic ring is 1. The van der Waals surface area contributed by atoms with Crippen LogP contribution in [0.4, 0.5) is 11.8 Å². The van der Waals surface area contributed by atoms with Gasteiger partial charge >= 0.3 is 11.9 Å². The molecule has 1 aliphatic carbocycles. The number of nitrogens with zero attached hydrogens (tertiary/aromatic N) is 8. The summed E-state index contributed by atoms with van der Waals surface area (Å²) in [5.74, 6) is -7.41. The number of oxazole rings is 1. The van der Waals surface area contributed by atoms with Crippen molar-refractivity contribution in [1.82, 2.24) is 34.5 Å². The van der Waals surface area contributed by atoms with Gasteiger partial charge in [-0.2, -0.15) is 10.1 Å². The van der Waals surface area contributed by atoms with Crippen molar-refractivity contribution in [3.05, 3.63) is 107 Å². The fourth-order valence-electron chi connectivity index (χ4n) is 17.7. The second-order valence-corrected chi connectivity index (χ2v) is 35.2. The molecule has 10 rings (SSSR count). The van der Waals surface area contributed by atoms with E-state index < -0.39 is 96.1 Å². The maximum absolute atomic E-state index is 14.8. The lowest BCUT2D eigenvalue weighted by Crippen LogP contribution is -2.61. The molecule has 5 aliphatic rings. The van der Waals surface area contributed by atoms with E-state index in [9.17, 15) is 44.1 Å². The van der Waals surface area contributed by atoms with Crippen LogP contribution in [0.3, 0.4) is 0 Å². The number of hydrogen-bond acceptors (Lipinski definition) is 30. The molecule has 2 aromatic carbocycles. The first-order valence-corrected chi connectivity index (χ1v) is 46.1. The van der Waals surface area contributed by atoms with Gasteiger partial charge < -0.3 is 106 Å². The molecule has 7 heterocycles. The molecular formula is C96H141N9O24. The Morgan fingerprint density at radius 2 is 1.37 bits per heavy atom. The van der Waals surface area contributed by atoms with Crippen LogP contribution >= 0.6 is 0 Å². The smallest absolute Gasteiger partial charge is 0.329 e. The molecule has 3 aromatic heterocycles. The van der Waals surface area contributed by atoms with Gasteiger partial charge in [0.05, 0.1) is 142 Å². The second-order valence-electron chi connectivity index (χ2n) is 35.2. The van der Waals surface area contributed by atoms with Gasteiger partial charge in [0.15, 0.2) is 17.0 Å². The van der Waals surface area contributed by atoms with Gasteiger partial charge in [0.1, 0.15) is 53.8 Å². The quantitative estimate of drug-likeness (QED) is 0.0123. The lowest BCUT2D eigenvalue weighted by Gasteiger charge is -2.43. The zero-order valence-electron chi connectivity index (χ0n) is 77.7. The molecule has 0 unspecified atom stereocenters. The Kier molecular flexibility index (Phi) is 41.6. The van der Waals surface area contributed by atoms with E-state index in [0.717, 1.165) is 45.6 Å². The number of piperidine rings is 1. The van der Waals surface area contributed by atoms with Gasteiger partial charge in [-0.3, -0.25) is 24.0 Å². The summed E-state index contributed by atoms with van der Waals surface area (Å²) < 4.78 is 88.9. The number of ether oxygens (including phenoxy) is 14. The third kappa shape index (κ3) is 30.1. The minimum atomic E-state index is -2.47. The van der Waals surface area contributed by atoms with Gasteiger partial charge in [-0.1, -0.05) is 89.3 Å².